The number of ether oxygens (including phenoxy) is 4. The Balaban J connectivity index is 1.73. The third-order valence-corrected chi connectivity index (χ3v) is 6.62. The van der Waals surface area contributed by atoms with Crippen molar-refractivity contribution in [1.82, 2.24) is 0 Å². The van der Waals surface area contributed by atoms with Gasteiger partial charge < -0.3 is 30.4 Å². The zero-order chi connectivity index (χ0) is 27.3. The molecule has 2 rings (SSSR count). The standard InChI is InChI=1S/C32H52N2O4/c1-3-5-7-9-11-13-19-35-21-23-37-31-25-27(15-17-29(31)33)28-16-18-30(34)32(26-28)38-24-22-36-20-14-12-10-8-6-4-2/h15-18,25-26H,3-14,19-24,33-34H2,1-2H3. The SMILES string of the molecule is CCCCCCCCOCCOc1cc(-c2ccc(N)c(OCCOCCCCCCCC)c2)ccc1N. The number of hydrogen-bond donors (Lipinski definition) is 2. The van der Waals surface area contributed by atoms with Crippen LogP contribution in [-0.2, 0) is 9.47 Å². The fourth-order valence-electron chi connectivity index (χ4n) is 4.27. The van der Waals surface area contributed by atoms with Crippen LogP contribution < -0.4 is 20.9 Å². The van der Waals surface area contributed by atoms with Gasteiger partial charge in [0.05, 0.1) is 24.6 Å². The predicted molar refractivity (Wildman–Crippen MR) is 160 cm³/mol. The number of nitrogens with two attached hydrogens (primary N) is 2. The summed E-state index contributed by atoms with van der Waals surface area (Å²) in [5.41, 5.74) is 15.5. The molecular formula is C32H52N2O4. The molecule has 0 spiro atoms. The summed E-state index contributed by atoms with van der Waals surface area (Å²) in [4.78, 5) is 0. The van der Waals surface area contributed by atoms with Crippen molar-refractivity contribution in [1.29, 1.82) is 0 Å². The van der Waals surface area contributed by atoms with Gasteiger partial charge in [0.15, 0.2) is 0 Å². The first kappa shape index (κ1) is 31.8. The summed E-state index contributed by atoms with van der Waals surface area (Å²) in [5, 5.41) is 0. The molecule has 0 atom stereocenters. The van der Waals surface area contributed by atoms with Crippen LogP contribution in [0.15, 0.2) is 36.4 Å². The Kier molecular flexibility index (Phi) is 17.2. The minimum absolute atomic E-state index is 0.471. The molecule has 38 heavy (non-hydrogen) atoms. The number of hydrogen-bond acceptors (Lipinski definition) is 6. The fraction of sp³-hybridized carbons (Fsp3) is 0.625. The Morgan fingerprint density at radius 1 is 0.474 bits per heavy atom. The van der Waals surface area contributed by atoms with Crippen molar-refractivity contribution in [2.45, 2.75) is 90.9 Å². The summed E-state index contributed by atoms with van der Waals surface area (Å²) in [6, 6.07) is 11.6. The van der Waals surface area contributed by atoms with Gasteiger partial charge in [-0.25, -0.2) is 0 Å². The van der Waals surface area contributed by atoms with E-state index in [1.807, 2.05) is 36.4 Å². The Labute approximate surface area is 231 Å². The highest BCUT2D eigenvalue weighted by molar-refractivity contribution is 5.73. The van der Waals surface area contributed by atoms with Crippen molar-refractivity contribution in [2.75, 3.05) is 51.1 Å². The van der Waals surface area contributed by atoms with E-state index in [2.05, 4.69) is 13.8 Å². The second-order valence-corrected chi connectivity index (χ2v) is 9.96. The van der Waals surface area contributed by atoms with Crippen LogP contribution in [0.2, 0.25) is 0 Å². The highest BCUT2D eigenvalue weighted by atomic mass is 16.5. The van der Waals surface area contributed by atoms with E-state index in [4.69, 9.17) is 30.4 Å². The van der Waals surface area contributed by atoms with Crippen LogP contribution in [0.1, 0.15) is 90.9 Å². The molecule has 0 radical (unpaired) electrons. The Morgan fingerprint density at radius 2 is 0.868 bits per heavy atom. The van der Waals surface area contributed by atoms with Crippen LogP contribution in [0.3, 0.4) is 0 Å². The first-order chi connectivity index (χ1) is 18.7. The van der Waals surface area contributed by atoms with Gasteiger partial charge in [-0.05, 0) is 48.2 Å². The van der Waals surface area contributed by atoms with E-state index in [1.165, 1.54) is 64.2 Å². The molecule has 0 aliphatic heterocycles. The van der Waals surface area contributed by atoms with Gasteiger partial charge >= 0.3 is 0 Å². The largest absolute Gasteiger partial charge is 0.489 e. The van der Waals surface area contributed by atoms with Gasteiger partial charge in [-0.2, -0.15) is 0 Å². The number of anilines is 2. The van der Waals surface area contributed by atoms with Gasteiger partial charge in [-0.3, -0.25) is 0 Å². The Bertz CT molecular complexity index is 803. The van der Waals surface area contributed by atoms with E-state index in [9.17, 15) is 0 Å². The van der Waals surface area contributed by atoms with Crippen molar-refractivity contribution < 1.29 is 18.9 Å². The zero-order valence-electron chi connectivity index (χ0n) is 24.0. The quantitative estimate of drug-likeness (QED) is 0.112. The van der Waals surface area contributed by atoms with E-state index >= 15 is 0 Å². The van der Waals surface area contributed by atoms with Gasteiger partial charge in [0.25, 0.3) is 0 Å². The molecule has 2 aromatic carbocycles. The molecular weight excluding hydrogens is 476 g/mol. The molecule has 0 amide bonds. The molecule has 0 fully saturated rings. The molecule has 4 N–H and O–H groups in total. The Hall–Kier alpha value is -2.44. The lowest BCUT2D eigenvalue weighted by Gasteiger charge is -2.14. The summed E-state index contributed by atoms with van der Waals surface area (Å²) in [5.74, 6) is 1.32. The lowest BCUT2D eigenvalue weighted by atomic mass is 10.0. The molecule has 0 heterocycles. The number of nitrogen functional groups attached to an aromatic ring is 2. The predicted octanol–water partition coefficient (Wildman–Crippen LogP) is 8.03. The third-order valence-electron chi connectivity index (χ3n) is 6.62. The van der Waals surface area contributed by atoms with Crippen molar-refractivity contribution in [3.63, 3.8) is 0 Å². The Morgan fingerprint density at radius 3 is 1.29 bits per heavy atom. The molecule has 0 aromatic heterocycles. The van der Waals surface area contributed by atoms with Gasteiger partial charge in [0.1, 0.15) is 24.7 Å². The molecule has 0 aliphatic rings. The molecule has 6 nitrogen and oxygen atoms in total. The lowest BCUT2D eigenvalue weighted by Crippen LogP contribution is -2.09. The van der Waals surface area contributed by atoms with Gasteiger partial charge in [-0.15, -0.1) is 0 Å². The fourth-order valence-corrected chi connectivity index (χ4v) is 4.27. The van der Waals surface area contributed by atoms with E-state index in [1.54, 1.807) is 0 Å². The smallest absolute Gasteiger partial charge is 0.142 e. The minimum Gasteiger partial charge on any atom is -0.489 e. The molecule has 6 heteroatoms. The second-order valence-electron chi connectivity index (χ2n) is 9.96. The van der Waals surface area contributed by atoms with Crippen LogP contribution in [0, 0.1) is 0 Å². The molecule has 0 aliphatic carbocycles. The van der Waals surface area contributed by atoms with E-state index in [0.29, 0.717) is 49.3 Å². The van der Waals surface area contributed by atoms with Crippen LogP contribution in [0.4, 0.5) is 11.4 Å². The van der Waals surface area contributed by atoms with Crippen molar-refractivity contribution in [2.24, 2.45) is 0 Å². The summed E-state index contributed by atoms with van der Waals surface area (Å²) in [6.07, 6.45) is 15.1. The van der Waals surface area contributed by atoms with Crippen LogP contribution >= 0.6 is 0 Å². The topological polar surface area (TPSA) is 89.0 Å². The van der Waals surface area contributed by atoms with Crippen molar-refractivity contribution >= 4 is 11.4 Å². The lowest BCUT2D eigenvalue weighted by molar-refractivity contribution is 0.0972. The second kappa shape index (κ2) is 20.5. The van der Waals surface area contributed by atoms with Crippen LogP contribution in [-0.4, -0.2) is 39.6 Å². The van der Waals surface area contributed by atoms with E-state index < -0.39 is 0 Å². The minimum atomic E-state index is 0.471. The molecule has 214 valence electrons. The van der Waals surface area contributed by atoms with Gasteiger partial charge in [-0.1, -0.05) is 90.2 Å². The van der Waals surface area contributed by atoms with Gasteiger partial charge in [0.2, 0.25) is 0 Å². The maximum atomic E-state index is 6.16. The number of unbranched alkanes of at least 4 members (excludes halogenated alkanes) is 10. The summed E-state index contributed by atoms with van der Waals surface area (Å²) in [6.45, 7) is 8.09. The third kappa shape index (κ3) is 13.4. The van der Waals surface area contributed by atoms with E-state index in [0.717, 1.165) is 37.2 Å². The zero-order valence-corrected chi connectivity index (χ0v) is 24.0. The highest BCUT2D eigenvalue weighted by Gasteiger charge is 2.08. The van der Waals surface area contributed by atoms with Gasteiger partial charge in [0, 0.05) is 13.2 Å². The molecule has 0 saturated carbocycles. The normalized spacial score (nSPS) is 11.1. The monoisotopic (exact) mass is 528 g/mol. The first-order valence-electron chi connectivity index (χ1n) is 14.9. The summed E-state index contributed by atoms with van der Waals surface area (Å²) < 4.78 is 23.3. The van der Waals surface area contributed by atoms with E-state index in [-0.39, 0.29) is 0 Å². The van der Waals surface area contributed by atoms with Crippen molar-refractivity contribution in [3.8, 4) is 22.6 Å². The number of rotatable bonds is 23. The van der Waals surface area contributed by atoms with Crippen LogP contribution in [0.5, 0.6) is 11.5 Å². The number of benzene rings is 2. The molecule has 0 saturated heterocycles. The highest BCUT2D eigenvalue weighted by Crippen LogP contribution is 2.33. The molecule has 2 aromatic rings. The summed E-state index contributed by atoms with van der Waals surface area (Å²) in [7, 11) is 0. The maximum absolute atomic E-state index is 6.16. The first-order valence-corrected chi connectivity index (χ1v) is 14.9. The van der Waals surface area contributed by atoms with Crippen molar-refractivity contribution in [3.05, 3.63) is 36.4 Å². The molecule has 0 bridgehead atoms. The summed E-state index contributed by atoms with van der Waals surface area (Å²) >= 11 is 0. The molecule has 0 unspecified atom stereocenters. The average Bonchev–Trinajstić information content (AvgIpc) is 2.92. The maximum Gasteiger partial charge on any atom is 0.142 e. The average molecular weight is 529 g/mol. The van der Waals surface area contributed by atoms with Crippen LogP contribution in [0.25, 0.3) is 11.1 Å².